The largest absolute Gasteiger partial charge is 0.388 e. The first-order chi connectivity index (χ1) is 14.4. The average Bonchev–Trinajstić information content (AvgIpc) is 2.77. The van der Waals surface area contributed by atoms with Crippen molar-refractivity contribution in [3.05, 3.63) is 96.6 Å². The summed E-state index contributed by atoms with van der Waals surface area (Å²) < 4.78 is 0. The summed E-state index contributed by atoms with van der Waals surface area (Å²) in [7, 11) is -2.41. The second-order valence-electron chi connectivity index (χ2n) is 9.39. The van der Waals surface area contributed by atoms with Gasteiger partial charge in [-0.25, -0.2) is 0 Å². The van der Waals surface area contributed by atoms with Gasteiger partial charge in [0.2, 0.25) is 0 Å². The number of hydrogen-bond acceptors (Lipinski definition) is 1. The zero-order chi connectivity index (χ0) is 21.6. The van der Waals surface area contributed by atoms with E-state index in [1.807, 2.05) is 18.2 Å². The monoisotopic (exact) mass is 416 g/mol. The van der Waals surface area contributed by atoms with Crippen LogP contribution in [0, 0.1) is 0 Å². The topological polar surface area (TPSA) is 20.2 Å². The van der Waals surface area contributed by atoms with Crippen molar-refractivity contribution in [3.8, 4) is 0 Å². The fourth-order valence-electron chi connectivity index (χ4n) is 5.34. The minimum atomic E-state index is -2.41. The van der Waals surface area contributed by atoms with E-state index in [9.17, 15) is 5.11 Å². The molecule has 3 rings (SSSR count). The molecule has 1 N–H and O–H groups in total. The maximum absolute atomic E-state index is 11.9. The predicted molar refractivity (Wildman–Crippen MR) is 132 cm³/mol. The molecular formula is C28H36OSi. The first-order valence-electron chi connectivity index (χ1n) is 11.3. The van der Waals surface area contributed by atoms with Crippen molar-refractivity contribution in [1.29, 1.82) is 0 Å². The Labute approximate surface area is 183 Å². The van der Waals surface area contributed by atoms with Gasteiger partial charge < -0.3 is 5.11 Å². The van der Waals surface area contributed by atoms with Gasteiger partial charge >= 0.3 is 0 Å². The quantitative estimate of drug-likeness (QED) is 0.425. The Kier molecular flexibility index (Phi) is 7.33. The van der Waals surface area contributed by atoms with E-state index in [1.54, 1.807) is 0 Å². The Morgan fingerprint density at radius 3 is 1.57 bits per heavy atom. The van der Waals surface area contributed by atoms with Crippen LogP contribution in [-0.4, -0.2) is 13.2 Å². The van der Waals surface area contributed by atoms with E-state index < -0.39 is 14.2 Å². The Morgan fingerprint density at radius 1 is 0.733 bits per heavy atom. The highest BCUT2D eigenvalue weighted by molar-refractivity contribution is 7.05. The van der Waals surface area contributed by atoms with Crippen molar-refractivity contribution >= 4 is 18.4 Å². The summed E-state index contributed by atoms with van der Waals surface area (Å²) in [5.41, 5.74) is 1.22. The standard InChI is InChI=1S/C28H36OSi/c1-5-6-22-26(27(29)23-16-10-7-11-17-23)30(28(2,3)4,24-18-12-8-13-19-24)25-20-14-9-15-21-25/h7-21,26-27,29H,5-6,22H2,1-4H3/t26-,27+/m0/s1. The third-order valence-electron chi connectivity index (χ3n) is 6.59. The lowest BCUT2D eigenvalue weighted by Gasteiger charge is -2.51. The number of unbranched alkanes of at least 4 members (excludes halogenated alkanes) is 1. The fourth-order valence-corrected chi connectivity index (χ4v) is 12.1. The molecule has 158 valence electrons. The first kappa shape index (κ1) is 22.5. The Hall–Kier alpha value is -2.16. The average molecular weight is 417 g/mol. The van der Waals surface area contributed by atoms with Gasteiger partial charge in [0.15, 0.2) is 0 Å². The molecule has 1 nitrogen and oxygen atoms in total. The van der Waals surface area contributed by atoms with Gasteiger partial charge in [0.25, 0.3) is 0 Å². The summed E-state index contributed by atoms with van der Waals surface area (Å²) in [5, 5.41) is 14.7. The molecule has 30 heavy (non-hydrogen) atoms. The first-order valence-corrected chi connectivity index (χ1v) is 13.3. The number of aliphatic hydroxyl groups excluding tert-OH is 1. The molecule has 0 aliphatic rings. The number of rotatable bonds is 8. The van der Waals surface area contributed by atoms with E-state index in [0.717, 1.165) is 24.8 Å². The van der Waals surface area contributed by atoms with Crippen molar-refractivity contribution in [2.75, 3.05) is 0 Å². The Balaban J connectivity index is 2.32. The van der Waals surface area contributed by atoms with E-state index in [1.165, 1.54) is 10.4 Å². The summed E-state index contributed by atoms with van der Waals surface area (Å²) in [4.78, 5) is 0. The third kappa shape index (κ3) is 4.31. The summed E-state index contributed by atoms with van der Waals surface area (Å²) in [6, 6.07) is 32.4. The van der Waals surface area contributed by atoms with Crippen LogP contribution in [0.2, 0.25) is 10.6 Å². The smallest absolute Gasteiger partial charge is 0.129 e. The van der Waals surface area contributed by atoms with Crippen LogP contribution in [0.4, 0.5) is 0 Å². The van der Waals surface area contributed by atoms with Crippen molar-refractivity contribution < 1.29 is 5.11 Å². The van der Waals surface area contributed by atoms with Gasteiger partial charge in [0.1, 0.15) is 8.07 Å². The van der Waals surface area contributed by atoms with Crippen molar-refractivity contribution in [1.82, 2.24) is 0 Å². The van der Waals surface area contributed by atoms with E-state index in [0.29, 0.717) is 0 Å². The SMILES string of the molecule is CCCC[C@@H]([C@H](O)c1ccccc1)[Si](c1ccccc1)(c1ccccc1)C(C)(C)C. The Bertz CT molecular complexity index is 845. The highest BCUT2D eigenvalue weighted by Gasteiger charge is 2.54. The molecule has 0 heterocycles. The molecule has 0 aliphatic carbocycles. The third-order valence-corrected chi connectivity index (χ3v) is 13.2. The van der Waals surface area contributed by atoms with E-state index >= 15 is 0 Å². The molecule has 3 aromatic carbocycles. The van der Waals surface area contributed by atoms with Crippen LogP contribution in [0.5, 0.6) is 0 Å². The van der Waals surface area contributed by atoms with Crippen LogP contribution in [0.15, 0.2) is 91.0 Å². The van der Waals surface area contributed by atoms with Crippen LogP contribution < -0.4 is 10.4 Å². The van der Waals surface area contributed by atoms with Gasteiger partial charge in [-0.1, -0.05) is 142 Å². The molecule has 0 aromatic heterocycles. The van der Waals surface area contributed by atoms with Gasteiger partial charge in [-0.15, -0.1) is 0 Å². The second-order valence-corrected chi connectivity index (χ2v) is 14.4. The lowest BCUT2D eigenvalue weighted by atomic mass is 10.0. The molecule has 0 aliphatic heterocycles. The highest BCUT2D eigenvalue weighted by Crippen LogP contribution is 2.50. The van der Waals surface area contributed by atoms with Crippen LogP contribution in [0.3, 0.4) is 0 Å². The molecule has 0 bridgehead atoms. The highest BCUT2D eigenvalue weighted by atomic mass is 28.3. The van der Waals surface area contributed by atoms with E-state index in [2.05, 4.69) is 100 Å². The molecule has 0 radical (unpaired) electrons. The lowest BCUT2D eigenvalue weighted by molar-refractivity contribution is 0.159. The second kappa shape index (κ2) is 9.76. The van der Waals surface area contributed by atoms with Crippen molar-refractivity contribution in [2.24, 2.45) is 0 Å². The minimum absolute atomic E-state index is 0.0316. The van der Waals surface area contributed by atoms with E-state index in [4.69, 9.17) is 0 Å². The summed E-state index contributed by atoms with van der Waals surface area (Å²) in [5.74, 6) is 0. The molecular weight excluding hydrogens is 380 g/mol. The summed E-state index contributed by atoms with van der Waals surface area (Å²) in [6.07, 6.45) is 2.80. The minimum Gasteiger partial charge on any atom is -0.388 e. The molecule has 0 amide bonds. The number of aliphatic hydroxyl groups is 1. The molecule has 0 saturated carbocycles. The van der Waals surface area contributed by atoms with Crippen molar-refractivity contribution in [2.45, 2.75) is 63.6 Å². The molecule has 0 spiro atoms. The van der Waals surface area contributed by atoms with E-state index in [-0.39, 0.29) is 10.6 Å². The molecule has 2 heteroatoms. The normalized spacial score (nSPS) is 14.3. The van der Waals surface area contributed by atoms with Crippen molar-refractivity contribution in [3.63, 3.8) is 0 Å². The van der Waals surface area contributed by atoms with Crippen LogP contribution >= 0.6 is 0 Å². The summed E-state index contributed by atoms with van der Waals surface area (Å²) >= 11 is 0. The molecule has 0 fully saturated rings. The number of benzene rings is 3. The zero-order valence-electron chi connectivity index (χ0n) is 18.9. The van der Waals surface area contributed by atoms with Gasteiger partial charge in [0, 0.05) is 0 Å². The molecule has 0 unspecified atom stereocenters. The predicted octanol–water partition coefficient (Wildman–Crippen LogP) is 6.34. The van der Waals surface area contributed by atoms with Crippen LogP contribution in [0.1, 0.15) is 58.6 Å². The van der Waals surface area contributed by atoms with Crippen LogP contribution in [0.25, 0.3) is 0 Å². The van der Waals surface area contributed by atoms with Gasteiger partial charge in [-0.05, 0) is 22.6 Å². The lowest BCUT2D eigenvalue weighted by Crippen LogP contribution is -2.68. The fraction of sp³-hybridized carbons (Fsp3) is 0.357. The zero-order valence-corrected chi connectivity index (χ0v) is 19.9. The summed E-state index contributed by atoms with van der Waals surface area (Å²) in [6.45, 7) is 9.40. The molecule has 0 saturated heterocycles. The van der Waals surface area contributed by atoms with Gasteiger partial charge in [-0.2, -0.15) is 0 Å². The van der Waals surface area contributed by atoms with Crippen LogP contribution in [-0.2, 0) is 0 Å². The maximum atomic E-state index is 11.9. The number of hydrogen-bond donors (Lipinski definition) is 1. The van der Waals surface area contributed by atoms with Gasteiger partial charge in [0.05, 0.1) is 6.10 Å². The Morgan fingerprint density at radius 2 is 1.17 bits per heavy atom. The maximum Gasteiger partial charge on any atom is 0.129 e. The van der Waals surface area contributed by atoms with Gasteiger partial charge in [-0.3, -0.25) is 0 Å². The molecule has 2 atom stereocenters. The molecule has 3 aromatic rings.